The summed E-state index contributed by atoms with van der Waals surface area (Å²) in [5, 5.41) is 3.88. The maximum absolute atomic E-state index is 13.4. The smallest absolute Gasteiger partial charge is 0.127 e. The molecule has 4 unspecified atom stereocenters. The van der Waals surface area contributed by atoms with Crippen molar-refractivity contribution in [2.75, 3.05) is 13.2 Å². The highest BCUT2D eigenvalue weighted by Gasteiger charge is 2.43. The van der Waals surface area contributed by atoms with Crippen LogP contribution in [0, 0.1) is 18.7 Å². The van der Waals surface area contributed by atoms with Crippen LogP contribution in [0.2, 0.25) is 0 Å². The maximum atomic E-state index is 13.4. The lowest BCUT2D eigenvalue weighted by atomic mass is 9.96. The van der Waals surface area contributed by atoms with Gasteiger partial charge in [0.05, 0.1) is 6.61 Å². The van der Waals surface area contributed by atoms with E-state index in [1.54, 1.807) is 0 Å². The number of aryl methyl sites for hydroxylation is 1. The number of fused-ring (bicyclic) bond motifs is 1. The number of halogens is 1. The van der Waals surface area contributed by atoms with Crippen molar-refractivity contribution < 1.29 is 9.13 Å². The molecule has 0 bridgehead atoms. The zero-order valence-corrected chi connectivity index (χ0v) is 19.5. The molecule has 1 aliphatic carbocycles. The van der Waals surface area contributed by atoms with Crippen LogP contribution in [-0.4, -0.2) is 36.2 Å². The normalized spacial score (nSPS) is 24.4. The fraction of sp³-hybridized carbons (Fsp3) is 0.556. The Labute approximate surface area is 187 Å². The van der Waals surface area contributed by atoms with Gasteiger partial charge >= 0.3 is 0 Å². The molecule has 0 amide bonds. The molecule has 1 saturated heterocycles. The Hall–Kier alpha value is -1.91. The van der Waals surface area contributed by atoms with E-state index in [-0.39, 0.29) is 5.82 Å². The third kappa shape index (κ3) is 4.80. The lowest BCUT2D eigenvalue weighted by molar-refractivity contribution is 0.227. The second kappa shape index (κ2) is 9.70. The standard InChI is InChI=1S/C27H37FN2O/c1-5-19(4)29-24-11-12-25-23(24)13-14-30(25)17-20-15-18(3)27(26(16-20)31-6-2)21-7-9-22(28)10-8-21/h7-10,15-16,19,23-25,29H,5-6,11-14,17H2,1-4H3. The van der Waals surface area contributed by atoms with Crippen LogP contribution in [0.25, 0.3) is 11.1 Å². The van der Waals surface area contributed by atoms with Crippen LogP contribution in [0.3, 0.4) is 0 Å². The molecule has 2 aromatic carbocycles. The summed E-state index contributed by atoms with van der Waals surface area (Å²) in [6, 6.07) is 13.2. The van der Waals surface area contributed by atoms with Gasteiger partial charge in [-0.1, -0.05) is 25.1 Å². The molecule has 0 aromatic heterocycles. The van der Waals surface area contributed by atoms with Crippen molar-refractivity contribution in [2.24, 2.45) is 5.92 Å². The van der Waals surface area contributed by atoms with Crippen molar-refractivity contribution in [1.82, 2.24) is 10.2 Å². The number of hydrogen-bond acceptors (Lipinski definition) is 3. The van der Waals surface area contributed by atoms with Crippen molar-refractivity contribution >= 4 is 0 Å². The van der Waals surface area contributed by atoms with Crippen LogP contribution in [0.1, 0.15) is 57.6 Å². The summed E-state index contributed by atoms with van der Waals surface area (Å²) in [7, 11) is 0. The molecule has 168 valence electrons. The number of likely N-dealkylation sites (tertiary alicyclic amines) is 1. The Morgan fingerprint density at radius 3 is 2.61 bits per heavy atom. The minimum Gasteiger partial charge on any atom is -0.493 e. The highest BCUT2D eigenvalue weighted by atomic mass is 19.1. The second-order valence-corrected chi connectivity index (χ2v) is 9.38. The molecular weight excluding hydrogens is 387 g/mol. The van der Waals surface area contributed by atoms with Crippen molar-refractivity contribution in [3.63, 3.8) is 0 Å². The zero-order chi connectivity index (χ0) is 22.0. The van der Waals surface area contributed by atoms with Gasteiger partial charge < -0.3 is 10.1 Å². The van der Waals surface area contributed by atoms with Crippen LogP contribution in [0.4, 0.5) is 4.39 Å². The van der Waals surface area contributed by atoms with Gasteiger partial charge in [0, 0.05) is 30.2 Å². The molecule has 4 atom stereocenters. The molecule has 1 N–H and O–H groups in total. The minimum atomic E-state index is -0.211. The van der Waals surface area contributed by atoms with Crippen LogP contribution in [0.5, 0.6) is 5.75 Å². The van der Waals surface area contributed by atoms with Crippen LogP contribution in [0.15, 0.2) is 36.4 Å². The fourth-order valence-electron chi connectivity index (χ4n) is 5.67. The second-order valence-electron chi connectivity index (χ2n) is 9.38. The van der Waals surface area contributed by atoms with Gasteiger partial charge in [-0.3, -0.25) is 4.90 Å². The van der Waals surface area contributed by atoms with Gasteiger partial charge in [0.2, 0.25) is 0 Å². The summed E-state index contributed by atoms with van der Waals surface area (Å²) in [4.78, 5) is 2.69. The Balaban J connectivity index is 1.52. The summed E-state index contributed by atoms with van der Waals surface area (Å²) >= 11 is 0. The van der Waals surface area contributed by atoms with E-state index < -0.39 is 0 Å². The van der Waals surface area contributed by atoms with Gasteiger partial charge in [-0.25, -0.2) is 4.39 Å². The van der Waals surface area contributed by atoms with Crippen molar-refractivity contribution in [2.45, 2.75) is 78.0 Å². The van der Waals surface area contributed by atoms with Gasteiger partial charge in [0.15, 0.2) is 0 Å². The minimum absolute atomic E-state index is 0.211. The number of ether oxygens (including phenoxy) is 1. The number of nitrogens with zero attached hydrogens (tertiary/aromatic N) is 1. The predicted molar refractivity (Wildman–Crippen MR) is 126 cm³/mol. The lowest BCUT2D eigenvalue weighted by Crippen LogP contribution is -2.40. The number of benzene rings is 2. The molecule has 2 fully saturated rings. The van der Waals surface area contributed by atoms with E-state index in [1.807, 2.05) is 19.1 Å². The van der Waals surface area contributed by atoms with Crippen molar-refractivity contribution in [3.8, 4) is 16.9 Å². The van der Waals surface area contributed by atoms with Crippen molar-refractivity contribution in [3.05, 3.63) is 53.3 Å². The van der Waals surface area contributed by atoms with Gasteiger partial charge in [-0.2, -0.15) is 0 Å². The molecule has 1 saturated carbocycles. The Morgan fingerprint density at radius 1 is 1.13 bits per heavy atom. The number of hydrogen-bond donors (Lipinski definition) is 1. The summed E-state index contributed by atoms with van der Waals surface area (Å²) in [6.07, 6.45) is 5.08. The van der Waals surface area contributed by atoms with E-state index >= 15 is 0 Å². The van der Waals surface area contributed by atoms with E-state index in [1.165, 1.54) is 55.5 Å². The largest absolute Gasteiger partial charge is 0.493 e. The fourth-order valence-corrected chi connectivity index (χ4v) is 5.67. The van der Waals surface area contributed by atoms with E-state index in [0.29, 0.717) is 24.7 Å². The average Bonchev–Trinajstić information content (AvgIpc) is 3.32. The van der Waals surface area contributed by atoms with Gasteiger partial charge in [-0.05, 0) is 93.8 Å². The Morgan fingerprint density at radius 2 is 1.90 bits per heavy atom. The molecule has 1 aliphatic heterocycles. The highest BCUT2D eigenvalue weighted by Crippen LogP contribution is 2.40. The number of rotatable bonds is 8. The Kier molecular flexibility index (Phi) is 6.98. The molecule has 1 heterocycles. The SMILES string of the molecule is CCOc1cc(CN2CCC3C(NC(C)CC)CCC32)cc(C)c1-c1ccc(F)cc1. The van der Waals surface area contributed by atoms with Crippen LogP contribution < -0.4 is 10.1 Å². The van der Waals surface area contributed by atoms with E-state index in [4.69, 9.17) is 4.74 Å². The number of nitrogens with one attached hydrogen (secondary N) is 1. The van der Waals surface area contributed by atoms with Gasteiger partial charge in [-0.15, -0.1) is 0 Å². The first-order chi connectivity index (χ1) is 15.0. The summed E-state index contributed by atoms with van der Waals surface area (Å²) in [6.45, 7) is 11.5. The third-order valence-electron chi connectivity index (χ3n) is 7.29. The van der Waals surface area contributed by atoms with E-state index in [2.05, 4.69) is 43.1 Å². The molecular formula is C27H37FN2O. The van der Waals surface area contributed by atoms with Gasteiger partial charge in [0.25, 0.3) is 0 Å². The first kappa shape index (κ1) is 22.3. The quantitative estimate of drug-likeness (QED) is 0.567. The van der Waals surface area contributed by atoms with Crippen LogP contribution >= 0.6 is 0 Å². The Bertz CT molecular complexity index is 882. The van der Waals surface area contributed by atoms with Crippen LogP contribution in [-0.2, 0) is 6.54 Å². The predicted octanol–water partition coefficient (Wildman–Crippen LogP) is 5.94. The summed E-state index contributed by atoms with van der Waals surface area (Å²) in [5.74, 6) is 1.47. The van der Waals surface area contributed by atoms with Crippen molar-refractivity contribution in [1.29, 1.82) is 0 Å². The molecule has 2 aromatic rings. The lowest BCUT2D eigenvalue weighted by Gasteiger charge is -2.26. The third-order valence-corrected chi connectivity index (χ3v) is 7.29. The highest BCUT2D eigenvalue weighted by molar-refractivity contribution is 5.74. The topological polar surface area (TPSA) is 24.5 Å². The first-order valence-corrected chi connectivity index (χ1v) is 12.0. The molecule has 3 nitrogen and oxygen atoms in total. The first-order valence-electron chi connectivity index (χ1n) is 12.0. The summed E-state index contributed by atoms with van der Waals surface area (Å²) in [5.41, 5.74) is 4.57. The average molecular weight is 425 g/mol. The molecule has 4 rings (SSSR count). The molecule has 0 radical (unpaired) electrons. The van der Waals surface area contributed by atoms with Gasteiger partial charge in [0.1, 0.15) is 11.6 Å². The van der Waals surface area contributed by atoms with E-state index in [0.717, 1.165) is 29.3 Å². The molecule has 31 heavy (non-hydrogen) atoms. The zero-order valence-electron chi connectivity index (χ0n) is 19.5. The molecule has 0 spiro atoms. The molecule has 2 aliphatic rings. The summed E-state index contributed by atoms with van der Waals surface area (Å²) < 4.78 is 19.5. The molecule has 4 heteroatoms. The monoisotopic (exact) mass is 424 g/mol. The van der Waals surface area contributed by atoms with E-state index in [9.17, 15) is 4.39 Å². The maximum Gasteiger partial charge on any atom is 0.127 e.